The highest BCUT2D eigenvalue weighted by atomic mass is 32.1. The zero-order valence-electron chi connectivity index (χ0n) is 10.9. The van der Waals surface area contributed by atoms with Crippen LogP contribution < -0.4 is 5.32 Å². The number of rotatable bonds is 5. The normalized spacial score (nSPS) is 20.6. The molecule has 2 heterocycles. The molecule has 1 aliphatic heterocycles. The highest BCUT2D eigenvalue weighted by Crippen LogP contribution is 2.21. The zero-order valence-corrected chi connectivity index (χ0v) is 11.7. The molecule has 1 aromatic rings. The van der Waals surface area contributed by atoms with E-state index in [9.17, 15) is 0 Å². The Morgan fingerprint density at radius 3 is 2.88 bits per heavy atom. The van der Waals surface area contributed by atoms with E-state index in [1.807, 2.05) is 6.20 Å². The van der Waals surface area contributed by atoms with E-state index in [1.165, 1.54) is 30.9 Å². The van der Waals surface area contributed by atoms with Crippen molar-refractivity contribution in [3.05, 3.63) is 16.6 Å². The fourth-order valence-electron chi connectivity index (χ4n) is 2.39. The first kappa shape index (κ1) is 13.0. The van der Waals surface area contributed by atoms with Crippen LogP contribution in [0.3, 0.4) is 0 Å². The minimum atomic E-state index is 0.453. The predicted molar refractivity (Wildman–Crippen MR) is 73.4 cm³/mol. The van der Waals surface area contributed by atoms with Crippen molar-refractivity contribution >= 4 is 11.3 Å². The van der Waals surface area contributed by atoms with Crippen LogP contribution in [-0.4, -0.2) is 36.6 Å². The lowest BCUT2D eigenvalue weighted by atomic mass is 9.97. The van der Waals surface area contributed by atoms with E-state index in [1.54, 1.807) is 11.3 Å². The number of hydrogen-bond donors (Lipinski definition) is 1. The lowest BCUT2D eigenvalue weighted by Crippen LogP contribution is -2.36. The highest BCUT2D eigenvalue weighted by Gasteiger charge is 2.18. The molecule has 1 saturated heterocycles. The van der Waals surface area contributed by atoms with Gasteiger partial charge in [0.1, 0.15) is 5.01 Å². The summed E-state index contributed by atoms with van der Waals surface area (Å²) in [7, 11) is 2.22. The molecular formula is C13H23N3S. The molecule has 4 heteroatoms. The number of piperidine rings is 1. The van der Waals surface area contributed by atoms with E-state index < -0.39 is 0 Å². The average molecular weight is 253 g/mol. The molecule has 2 rings (SSSR count). The molecule has 1 N–H and O–H groups in total. The largest absolute Gasteiger partial charge is 0.308 e. The Morgan fingerprint density at radius 2 is 2.29 bits per heavy atom. The summed E-state index contributed by atoms with van der Waals surface area (Å²) >= 11 is 1.76. The van der Waals surface area contributed by atoms with Gasteiger partial charge in [0.25, 0.3) is 0 Å². The minimum absolute atomic E-state index is 0.453. The van der Waals surface area contributed by atoms with Crippen molar-refractivity contribution in [3.63, 3.8) is 0 Å². The van der Waals surface area contributed by atoms with Gasteiger partial charge in [-0.15, -0.1) is 11.3 Å². The van der Waals surface area contributed by atoms with Gasteiger partial charge in [0.2, 0.25) is 0 Å². The van der Waals surface area contributed by atoms with Crippen LogP contribution in [0.4, 0.5) is 0 Å². The summed E-state index contributed by atoms with van der Waals surface area (Å²) in [6.07, 6.45) is 5.69. The fourth-order valence-corrected chi connectivity index (χ4v) is 3.19. The van der Waals surface area contributed by atoms with Crippen LogP contribution in [0.1, 0.15) is 37.2 Å². The van der Waals surface area contributed by atoms with Crippen LogP contribution in [0.2, 0.25) is 0 Å². The number of nitrogens with one attached hydrogen (secondary N) is 1. The summed E-state index contributed by atoms with van der Waals surface area (Å²) in [4.78, 5) is 6.84. The molecule has 1 atom stereocenters. The van der Waals surface area contributed by atoms with Crippen molar-refractivity contribution in [1.29, 1.82) is 0 Å². The van der Waals surface area contributed by atoms with Gasteiger partial charge in [0.05, 0.1) is 6.04 Å². The fraction of sp³-hybridized carbons (Fsp3) is 0.769. The number of aromatic nitrogens is 1. The van der Waals surface area contributed by atoms with Crippen LogP contribution in [0.15, 0.2) is 11.6 Å². The average Bonchev–Trinajstić information content (AvgIpc) is 2.86. The van der Waals surface area contributed by atoms with Crippen molar-refractivity contribution < 1.29 is 0 Å². The summed E-state index contributed by atoms with van der Waals surface area (Å²) in [6.45, 7) is 5.88. The standard InChI is InChI=1S/C13H23N3S/c1-3-12(13-14-6-9-17-13)15-10-11-4-7-16(2)8-5-11/h6,9,11-12,15H,3-5,7-8,10H2,1-2H3. The van der Waals surface area contributed by atoms with Gasteiger partial charge in [-0.3, -0.25) is 0 Å². The molecule has 1 fully saturated rings. The Morgan fingerprint density at radius 1 is 1.53 bits per heavy atom. The summed E-state index contributed by atoms with van der Waals surface area (Å²) in [5, 5.41) is 6.99. The van der Waals surface area contributed by atoms with E-state index in [-0.39, 0.29) is 0 Å². The Balaban J connectivity index is 1.76. The van der Waals surface area contributed by atoms with Crippen LogP contribution in [0, 0.1) is 5.92 Å². The molecule has 96 valence electrons. The van der Waals surface area contributed by atoms with Crippen molar-refractivity contribution in [3.8, 4) is 0 Å². The maximum atomic E-state index is 4.41. The quantitative estimate of drug-likeness (QED) is 0.874. The Bertz CT molecular complexity index is 304. The summed E-state index contributed by atoms with van der Waals surface area (Å²) in [6, 6.07) is 0.453. The van der Waals surface area contributed by atoms with Crippen molar-refractivity contribution in [2.24, 2.45) is 5.92 Å². The number of thiazole rings is 1. The van der Waals surface area contributed by atoms with Gasteiger partial charge in [-0.2, -0.15) is 0 Å². The van der Waals surface area contributed by atoms with Crippen LogP contribution in [-0.2, 0) is 0 Å². The van der Waals surface area contributed by atoms with Gasteiger partial charge in [0, 0.05) is 11.6 Å². The number of hydrogen-bond acceptors (Lipinski definition) is 4. The SMILES string of the molecule is CCC(NCC1CCN(C)CC1)c1nccs1. The molecule has 17 heavy (non-hydrogen) atoms. The van der Waals surface area contributed by atoms with Crippen LogP contribution >= 0.6 is 11.3 Å². The predicted octanol–water partition coefficient (Wildman–Crippen LogP) is 2.53. The first-order valence-corrected chi connectivity index (χ1v) is 7.49. The summed E-state index contributed by atoms with van der Waals surface area (Å²) in [5.74, 6) is 0.847. The van der Waals surface area contributed by atoms with Crippen molar-refractivity contribution in [2.75, 3.05) is 26.7 Å². The lowest BCUT2D eigenvalue weighted by molar-refractivity contribution is 0.212. The van der Waals surface area contributed by atoms with Gasteiger partial charge >= 0.3 is 0 Å². The zero-order chi connectivity index (χ0) is 12.1. The molecule has 3 nitrogen and oxygen atoms in total. The third-order valence-corrected chi connectivity index (χ3v) is 4.54. The second kappa shape index (κ2) is 6.47. The van der Waals surface area contributed by atoms with E-state index in [0.717, 1.165) is 18.9 Å². The second-order valence-electron chi connectivity index (χ2n) is 4.99. The van der Waals surface area contributed by atoms with Crippen LogP contribution in [0.25, 0.3) is 0 Å². The van der Waals surface area contributed by atoms with E-state index >= 15 is 0 Å². The molecule has 1 aromatic heterocycles. The third kappa shape index (κ3) is 3.76. The minimum Gasteiger partial charge on any atom is -0.308 e. The molecule has 0 saturated carbocycles. The van der Waals surface area contributed by atoms with Gasteiger partial charge in [0.15, 0.2) is 0 Å². The van der Waals surface area contributed by atoms with E-state index in [2.05, 4.69) is 34.6 Å². The molecule has 0 radical (unpaired) electrons. The molecule has 0 aromatic carbocycles. The molecule has 0 aliphatic carbocycles. The lowest BCUT2D eigenvalue weighted by Gasteiger charge is -2.30. The molecule has 0 bridgehead atoms. The topological polar surface area (TPSA) is 28.2 Å². The second-order valence-corrected chi connectivity index (χ2v) is 5.91. The van der Waals surface area contributed by atoms with Gasteiger partial charge < -0.3 is 10.2 Å². The van der Waals surface area contributed by atoms with Crippen molar-refractivity contribution in [2.45, 2.75) is 32.2 Å². The number of likely N-dealkylation sites (tertiary alicyclic amines) is 1. The Hall–Kier alpha value is -0.450. The Kier molecular flexibility index (Phi) is 4.95. The Labute approximate surface area is 108 Å². The molecule has 0 amide bonds. The van der Waals surface area contributed by atoms with Crippen molar-refractivity contribution in [1.82, 2.24) is 15.2 Å². The van der Waals surface area contributed by atoms with E-state index in [4.69, 9.17) is 0 Å². The first-order chi connectivity index (χ1) is 8.29. The first-order valence-electron chi connectivity index (χ1n) is 6.61. The maximum Gasteiger partial charge on any atom is 0.109 e. The highest BCUT2D eigenvalue weighted by molar-refractivity contribution is 7.09. The summed E-state index contributed by atoms with van der Waals surface area (Å²) in [5.41, 5.74) is 0. The van der Waals surface area contributed by atoms with E-state index in [0.29, 0.717) is 6.04 Å². The van der Waals surface area contributed by atoms with Gasteiger partial charge in [-0.05, 0) is 51.9 Å². The van der Waals surface area contributed by atoms with Gasteiger partial charge in [-0.1, -0.05) is 6.92 Å². The third-order valence-electron chi connectivity index (χ3n) is 3.65. The number of nitrogens with zero attached hydrogens (tertiary/aromatic N) is 2. The molecule has 1 unspecified atom stereocenters. The smallest absolute Gasteiger partial charge is 0.109 e. The summed E-state index contributed by atoms with van der Waals surface area (Å²) < 4.78 is 0. The van der Waals surface area contributed by atoms with Crippen LogP contribution in [0.5, 0.6) is 0 Å². The monoisotopic (exact) mass is 253 g/mol. The molecular weight excluding hydrogens is 230 g/mol. The maximum absolute atomic E-state index is 4.41. The molecule has 0 spiro atoms. The van der Waals surface area contributed by atoms with Gasteiger partial charge in [-0.25, -0.2) is 4.98 Å². The molecule has 1 aliphatic rings.